The predicted octanol–water partition coefficient (Wildman–Crippen LogP) is -2.35. The molecule has 0 radical (unpaired) electrons. The van der Waals surface area contributed by atoms with Crippen molar-refractivity contribution >= 4 is 5.91 Å². The van der Waals surface area contributed by atoms with E-state index in [4.69, 9.17) is 9.47 Å². The molecule has 4 atom stereocenters. The Morgan fingerprint density at radius 1 is 1.00 bits per heavy atom. The van der Waals surface area contributed by atoms with Gasteiger partial charge in [-0.05, 0) is 68.1 Å². The number of carbonyl (C=O) groups excluding carboxylic acids is 1. The lowest BCUT2D eigenvalue weighted by molar-refractivity contribution is -0.640. The average Bonchev–Trinajstić information content (AvgIpc) is 3.40. The molecule has 3 heterocycles. The highest BCUT2D eigenvalue weighted by atomic mass is 35.5. The second kappa shape index (κ2) is 13.3. The molecule has 0 unspecified atom stereocenters. The second-order valence-corrected chi connectivity index (χ2v) is 12.2. The van der Waals surface area contributed by atoms with Gasteiger partial charge in [0.1, 0.15) is 11.7 Å². The average molecular weight is 591 g/mol. The summed E-state index contributed by atoms with van der Waals surface area (Å²) in [4.78, 5) is 20.6. The van der Waals surface area contributed by atoms with Crippen LogP contribution in [0.25, 0.3) is 0 Å². The number of para-hydroxylation sites is 1. The second-order valence-electron chi connectivity index (χ2n) is 12.2. The molecule has 2 aromatic rings. The molecule has 1 aromatic heterocycles. The summed E-state index contributed by atoms with van der Waals surface area (Å²) >= 11 is 0. The van der Waals surface area contributed by atoms with Crippen molar-refractivity contribution in [3.05, 3.63) is 53.2 Å². The molecule has 0 bridgehead atoms. The minimum absolute atomic E-state index is 0. The van der Waals surface area contributed by atoms with Crippen LogP contribution in [0.5, 0.6) is 11.6 Å². The number of piperidine rings is 1. The highest BCUT2D eigenvalue weighted by Crippen LogP contribution is 2.46. The molecule has 3 N–H and O–H groups in total. The van der Waals surface area contributed by atoms with E-state index >= 15 is 0 Å². The van der Waals surface area contributed by atoms with Crippen molar-refractivity contribution < 1.29 is 49.4 Å². The van der Waals surface area contributed by atoms with E-state index in [9.17, 15) is 4.79 Å². The van der Waals surface area contributed by atoms with Crippen LogP contribution >= 0.6 is 0 Å². The SMILES string of the molecule is COc1ccc2c([nH+]1)CCC[C@]21C[NH2+]C[C@H]1C(=O)N1CC[C@@H](c2ccccc2OC)C[C@H]1C1CCCCC1.[Cl-].[Cl-]. The van der Waals surface area contributed by atoms with Gasteiger partial charge in [0.15, 0.2) is 5.69 Å². The van der Waals surface area contributed by atoms with Gasteiger partial charge in [-0.3, -0.25) is 4.79 Å². The van der Waals surface area contributed by atoms with E-state index < -0.39 is 0 Å². The van der Waals surface area contributed by atoms with Crippen LogP contribution in [0.2, 0.25) is 0 Å². The summed E-state index contributed by atoms with van der Waals surface area (Å²) in [5.41, 5.74) is 3.86. The number of fused-ring (bicyclic) bond motifs is 2. The van der Waals surface area contributed by atoms with Crippen molar-refractivity contribution in [1.29, 1.82) is 0 Å². The molecule has 6 rings (SSSR count). The van der Waals surface area contributed by atoms with Crippen molar-refractivity contribution in [3.8, 4) is 11.6 Å². The lowest BCUT2D eigenvalue weighted by atomic mass is 9.64. The number of hydrogen-bond acceptors (Lipinski definition) is 3. The predicted molar refractivity (Wildman–Crippen MR) is 146 cm³/mol. The first-order valence-electron chi connectivity index (χ1n) is 15.0. The molecular weight excluding hydrogens is 545 g/mol. The smallest absolute Gasteiger partial charge is 0.366 e. The van der Waals surface area contributed by atoms with E-state index in [1.54, 1.807) is 14.2 Å². The topological polar surface area (TPSA) is 69.5 Å². The Balaban J connectivity index is 0.00000185. The third kappa shape index (κ3) is 5.56. The molecular formula is C32H45Cl2N3O3. The summed E-state index contributed by atoms with van der Waals surface area (Å²) in [5.74, 6) is 3.32. The normalized spacial score (nSPS) is 28.2. The molecule has 1 aromatic carbocycles. The highest BCUT2D eigenvalue weighted by molar-refractivity contribution is 5.82. The zero-order valence-electron chi connectivity index (χ0n) is 24.0. The zero-order valence-corrected chi connectivity index (χ0v) is 25.5. The zero-order chi connectivity index (χ0) is 26.1. The molecule has 8 heteroatoms. The fourth-order valence-corrected chi connectivity index (χ4v) is 8.53. The number of amides is 1. The van der Waals surface area contributed by atoms with E-state index in [-0.39, 0.29) is 36.1 Å². The molecule has 2 saturated heterocycles. The summed E-state index contributed by atoms with van der Waals surface area (Å²) in [6.45, 7) is 2.76. The van der Waals surface area contributed by atoms with Crippen molar-refractivity contribution in [2.24, 2.45) is 11.8 Å². The molecule has 4 aliphatic rings. The number of aromatic nitrogens is 1. The number of likely N-dealkylation sites (tertiary alicyclic amines) is 1. The number of H-pyrrole nitrogens is 1. The van der Waals surface area contributed by atoms with E-state index in [0.717, 1.165) is 63.4 Å². The number of nitrogens with two attached hydrogens (primary N) is 1. The minimum Gasteiger partial charge on any atom is -1.00 e. The fourth-order valence-electron chi connectivity index (χ4n) is 8.53. The number of carbonyl (C=O) groups is 1. The molecule has 3 fully saturated rings. The molecule has 1 amide bonds. The number of hydrogen-bond donors (Lipinski definition) is 1. The van der Waals surface area contributed by atoms with Gasteiger partial charge in [-0.2, -0.15) is 4.98 Å². The van der Waals surface area contributed by atoms with Gasteiger partial charge in [-0.1, -0.05) is 37.5 Å². The molecule has 2 aliphatic carbocycles. The lowest BCUT2D eigenvalue weighted by Crippen LogP contribution is -3.00. The largest absolute Gasteiger partial charge is 1.00 e. The van der Waals surface area contributed by atoms with E-state index in [0.29, 0.717) is 23.8 Å². The first kappa shape index (κ1) is 30.9. The molecule has 40 heavy (non-hydrogen) atoms. The Hall–Kier alpha value is -2.02. The summed E-state index contributed by atoms with van der Waals surface area (Å²) in [5, 5.41) is 2.40. The number of aryl methyl sites for hydroxylation is 1. The summed E-state index contributed by atoms with van der Waals surface area (Å²) in [6, 6.07) is 13.1. The number of nitrogens with zero attached hydrogens (tertiary/aromatic N) is 1. The van der Waals surface area contributed by atoms with Crippen LogP contribution < -0.4 is 44.6 Å². The highest BCUT2D eigenvalue weighted by Gasteiger charge is 2.56. The maximum absolute atomic E-state index is 14.7. The summed E-state index contributed by atoms with van der Waals surface area (Å²) in [7, 11) is 3.49. The maximum atomic E-state index is 14.7. The van der Waals surface area contributed by atoms with Gasteiger partial charge >= 0.3 is 5.88 Å². The number of rotatable bonds is 5. The number of pyridine rings is 1. The monoisotopic (exact) mass is 589 g/mol. The molecule has 1 spiro atoms. The molecule has 220 valence electrons. The van der Waals surface area contributed by atoms with Crippen molar-refractivity contribution in [1.82, 2.24) is 4.90 Å². The number of nitrogens with one attached hydrogen (secondary N) is 1. The standard InChI is InChI=1S/C32H43N3O3.2ClH/c1-37-29-13-7-6-11-24(29)23-16-18-35(28(19-23)22-9-4-3-5-10-22)31(36)26-20-33-21-32(26)17-8-12-27-25(32)14-15-30(34-27)38-2;;/h6-7,11,13-15,22-23,26,28,33H,3-5,8-10,12,16-21H2,1-2H3;2*1H/t23-,26+,28+,32+;;/m1../s1. The Kier molecular flexibility index (Phi) is 10.3. The summed E-state index contributed by atoms with van der Waals surface area (Å²) < 4.78 is 11.3. The van der Waals surface area contributed by atoms with Gasteiger partial charge in [0.2, 0.25) is 5.91 Å². The number of halogens is 2. The third-order valence-electron chi connectivity index (χ3n) is 10.4. The van der Waals surface area contributed by atoms with Gasteiger partial charge in [0.25, 0.3) is 0 Å². The van der Waals surface area contributed by atoms with Gasteiger partial charge in [-0.15, -0.1) is 0 Å². The Bertz CT molecular complexity index is 1160. The van der Waals surface area contributed by atoms with Gasteiger partial charge < -0.3 is 44.5 Å². The van der Waals surface area contributed by atoms with Crippen LogP contribution in [0.4, 0.5) is 0 Å². The van der Waals surface area contributed by atoms with E-state index in [1.165, 1.54) is 48.9 Å². The van der Waals surface area contributed by atoms with Crippen LogP contribution in [0.1, 0.15) is 80.5 Å². The van der Waals surface area contributed by atoms with E-state index in [2.05, 4.69) is 51.6 Å². The molecule has 2 aliphatic heterocycles. The molecule has 1 saturated carbocycles. The lowest BCUT2D eigenvalue weighted by Gasteiger charge is -2.47. The van der Waals surface area contributed by atoms with Crippen LogP contribution in [-0.2, 0) is 16.6 Å². The van der Waals surface area contributed by atoms with Gasteiger partial charge in [-0.25, -0.2) is 0 Å². The van der Waals surface area contributed by atoms with Crippen LogP contribution in [-0.4, -0.2) is 50.7 Å². The quantitative estimate of drug-likeness (QED) is 0.424. The number of aromatic amines is 1. The van der Waals surface area contributed by atoms with Crippen molar-refractivity contribution in [2.75, 3.05) is 33.9 Å². The first-order valence-corrected chi connectivity index (χ1v) is 15.0. The number of benzene rings is 1. The van der Waals surface area contributed by atoms with Crippen molar-refractivity contribution in [3.63, 3.8) is 0 Å². The number of quaternary nitrogens is 1. The molecule has 6 nitrogen and oxygen atoms in total. The Morgan fingerprint density at radius 3 is 2.58 bits per heavy atom. The Morgan fingerprint density at radius 2 is 1.80 bits per heavy atom. The van der Waals surface area contributed by atoms with Gasteiger partial charge in [0, 0.05) is 24.6 Å². The third-order valence-corrected chi connectivity index (χ3v) is 10.4. The number of ether oxygens (including phenoxy) is 2. The van der Waals surface area contributed by atoms with Crippen molar-refractivity contribution in [2.45, 2.75) is 81.6 Å². The fraction of sp³-hybridized carbons (Fsp3) is 0.625. The van der Waals surface area contributed by atoms with Gasteiger partial charge in [0.05, 0.1) is 38.8 Å². The Labute approximate surface area is 251 Å². The first-order chi connectivity index (χ1) is 18.6. The van der Waals surface area contributed by atoms with E-state index in [1.807, 2.05) is 0 Å². The van der Waals surface area contributed by atoms with Crippen LogP contribution in [0.3, 0.4) is 0 Å². The number of methoxy groups -OCH3 is 2. The van der Waals surface area contributed by atoms with Crippen LogP contribution in [0.15, 0.2) is 36.4 Å². The maximum Gasteiger partial charge on any atom is 0.366 e. The summed E-state index contributed by atoms with van der Waals surface area (Å²) in [6.07, 6.45) is 11.8. The van der Waals surface area contributed by atoms with Crippen LogP contribution in [0, 0.1) is 11.8 Å². The minimum atomic E-state index is -0.0793.